The lowest BCUT2D eigenvalue weighted by Crippen LogP contribution is -2.51. The average molecular weight is 264 g/mol. The molecule has 1 fully saturated rings. The van der Waals surface area contributed by atoms with Crippen LogP contribution >= 0.6 is 0 Å². The molecule has 18 heavy (non-hydrogen) atoms. The Morgan fingerprint density at radius 3 is 2.50 bits per heavy atom. The number of carbonyl (C=O) groups is 1. The van der Waals surface area contributed by atoms with Gasteiger partial charge in [-0.3, -0.25) is 4.79 Å². The molecule has 2 radical (unpaired) electrons. The van der Waals surface area contributed by atoms with E-state index in [2.05, 4.69) is 10.0 Å². The van der Waals surface area contributed by atoms with E-state index in [4.69, 9.17) is 18.5 Å². The van der Waals surface area contributed by atoms with E-state index in [0.717, 1.165) is 0 Å². The molecule has 4 atom stereocenters. The summed E-state index contributed by atoms with van der Waals surface area (Å²) in [5, 5.41) is 21.5. The summed E-state index contributed by atoms with van der Waals surface area (Å²) >= 11 is 0. The summed E-state index contributed by atoms with van der Waals surface area (Å²) < 4.78 is 36.9. The van der Waals surface area contributed by atoms with Crippen molar-refractivity contribution in [2.75, 3.05) is 6.61 Å². The van der Waals surface area contributed by atoms with Crippen molar-refractivity contribution in [3.8, 4) is 0 Å². The van der Waals surface area contributed by atoms with E-state index in [0.29, 0.717) is 0 Å². The Morgan fingerprint density at radius 2 is 2.11 bits per heavy atom. The van der Waals surface area contributed by atoms with Gasteiger partial charge in [-0.05, 0) is 5.53 Å². The second kappa shape index (κ2) is 5.05. The molecule has 0 spiro atoms. The van der Waals surface area contributed by atoms with E-state index < -0.39 is 42.8 Å². The number of aliphatic hydroxyl groups is 2. The Labute approximate surface area is 100 Å². The van der Waals surface area contributed by atoms with Crippen LogP contribution in [0.2, 0.25) is 0 Å². The molecule has 2 N–H and O–H groups in total. The number of rotatable bonds is 2. The molecule has 0 aromatic heterocycles. The number of amides is 1. The van der Waals surface area contributed by atoms with Gasteiger partial charge in [0.05, 0.1) is 32.6 Å². The third kappa shape index (κ3) is 2.38. The van der Waals surface area contributed by atoms with Gasteiger partial charge in [0, 0.05) is 10.9 Å². The third-order valence-electron chi connectivity index (χ3n) is 2.62. The highest BCUT2D eigenvalue weighted by molar-refractivity contribution is 6.14. The molecule has 0 aromatic carbocycles. The Balaban J connectivity index is 3.10. The molecular weight excluding hydrogens is 256 g/mol. The molecular formula is C7H8BF3N4O3. The van der Waals surface area contributed by atoms with Crippen LogP contribution in [0, 0.1) is 0 Å². The molecule has 0 unspecified atom stereocenters. The molecule has 1 saturated heterocycles. The molecule has 0 bridgehead atoms. The van der Waals surface area contributed by atoms with Crippen LogP contribution in [-0.2, 0) is 4.79 Å². The summed E-state index contributed by atoms with van der Waals surface area (Å²) in [4.78, 5) is 13.5. The van der Waals surface area contributed by atoms with Crippen molar-refractivity contribution < 1.29 is 28.2 Å². The first-order chi connectivity index (χ1) is 8.25. The molecule has 1 amide bonds. The lowest BCUT2D eigenvalue weighted by atomic mass is 9.89. The number of azide groups is 1. The lowest BCUT2D eigenvalue weighted by Gasteiger charge is -2.29. The number of hydrogen-bond acceptors (Lipinski definition) is 4. The first-order valence-corrected chi connectivity index (χ1v) is 4.74. The van der Waals surface area contributed by atoms with Crippen LogP contribution in [0.4, 0.5) is 13.2 Å². The van der Waals surface area contributed by atoms with E-state index in [9.17, 15) is 23.1 Å². The maximum absolute atomic E-state index is 12.3. The van der Waals surface area contributed by atoms with Crippen molar-refractivity contribution in [2.45, 2.75) is 30.3 Å². The highest BCUT2D eigenvalue weighted by Gasteiger charge is 2.54. The van der Waals surface area contributed by atoms with Crippen molar-refractivity contribution in [3.05, 3.63) is 10.4 Å². The zero-order chi connectivity index (χ0) is 14.1. The van der Waals surface area contributed by atoms with Crippen LogP contribution in [0.1, 0.15) is 0 Å². The summed E-state index contributed by atoms with van der Waals surface area (Å²) in [6.07, 6.45) is -6.86. The van der Waals surface area contributed by atoms with Gasteiger partial charge < -0.3 is 15.1 Å². The van der Waals surface area contributed by atoms with Crippen LogP contribution in [0.5, 0.6) is 0 Å². The van der Waals surface area contributed by atoms with Crippen molar-refractivity contribution in [1.82, 2.24) is 4.90 Å². The fourth-order valence-corrected chi connectivity index (χ4v) is 1.80. The van der Waals surface area contributed by atoms with E-state index in [1.807, 2.05) is 0 Å². The van der Waals surface area contributed by atoms with Crippen molar-refractivity contribution in [2.24, 2.45) is 5.11 Å². The molecule has 1 rings (SSSR count). The number of halogens is 3. The molecule has 98 valence electrons. The van der Waals surface area contributed by atoms with Gasteiger partial charge in [0.15, 0.2) is 0 Å². The van der Waals surface area contributed by atoms with Crippen LogP contribution in [0.15, 0.2) is 5.11 Å². The number of nitrogens with zero attached hydrogens (tertiary/aromatic N) is 4. The number of hydrogen-bond donors (Lipinski definition) is 2. The Morgan fingerprint density at radius 1 is 1.56 bits per heavy atom. The summed E-state index contributed by atoms with van der Waals surface area (Å²) in [5.41, 5.74) is 8.21. The minimum absolute atomic E-state index is 0.0873. The summed E-state index contributed by atoms with van der Waals surface area (Å²) in [6.45, 7) is -0.936. The predicted octanol–water partition coefficient (Wildman–Crippen LogP) is -0.714. The van der Waals surface area contributed by atoms with E-state index in [-0.39, 0.29) is 4.90 Å². The number of alkyl halides is 3. The highest BCUT2D eigenvalue weighted by atomic mass is 19.4. The largest absolute Gasteiger partial charge is 0.471 e. The van der Waals surface area contributed by atoms with Gasteiger partial charge in [-0.1, -0.05) is 5.11 Å². The minimum Gasteiger partial charge on any atom is -0.394 e. The van der Waals surface area contributed by atoms with Gasteiger partial charge in [0.2, 0.25) is 0 Å². The van der Waals surface area contributed by atoms with Crippen molar-refractivity contribution in [1.29, 1.82) is 0 Å². The van der Waals surface area contributed by atoms with Crippen molar-refractivity contribution in [3.63, 3.8) is 0 Å². The first-order valence-electron chi connectivity index (χ1n) is 4.74. The van der Waals surface area contributed by atoms with Gasteiger partial charge in [0.25, 0.3) is 0 Å². The highest BCUT2D eigenvalue weighted by Crippen LogP contribution is 2.30. The van der Waals surface area contributed by atoms with Crippen LogP contribution in [0.25, 0.3) is 10.4 Å². The Bertz CT molecular complexity index is 387. The van der Waals surface area contributed by atoms with Crippen LogP contribution < -0.4 is 0 Å². The molecule has 0 aromatic rings. The molecule has 1 aliphatic rings. The second-order valence-corrected chi connectivity index (χ2v) is 3.64. The van der Waals surface area contributed by atoms with Crippen LogP contribution in [-0.4, -0.2) is 65.8 Å². The topological polar surface area (TPSA) is 110 Å². The van der Waals surface area contributed by atoms with Gasteiger partial charge in [-0.2, -0.15) is 13.2 Å². The molecule has 11 heteroatoms. The maximum Gasteiger partial charge on any atom is 0.471 e. The van der Waals surface area contributed by atoms with E-state index in [1.165, 1.54) is 0 Å². The van der Waals surface area contributed by atoms with Gasteiger partial charge in [0.1, 0.15) is 0 Å². The SMILES string of the molecule is [B][C@H]1[C@@H](N=[N+]=[N-])[C@H](O)[C@@H](CO)N1C(=O)C(F)(F)F. The van der Waals surface area contributed by atoms with Crippen LogP contribution in [0.3, 0.4) is 0 Å². The summed E-state index contributed by atoms with van der Waals surface area (Å²) in [6, 6.07) is -3.01. The minimum atomic E-state index is -5.20. The van der Waals surface area contributed by atoms with E-state index in [1.54, 1.807) is 0 Å². The normalized spacial score (nSPS) is 32.2. The molecule has 7 nitrogen and oxygen atoms in total. The monoisotopic (exact) mass is 264 g/mol. The zero-order valence-electron chi connectivity index (χ0n) is 8.82. The fourth-order valence-electron chi connectivity index (χ4n) is 1.80. The summed E-state index contributed by atoms with van der Waals surface area (Å²) in [5.74, 6) is -3.95. The quantitative estimate of drug-likeness (QED) is 0.297. The molecule has 0 aliphatic carbocycles. The average Bonchev–Trinajstić information content (AvgIpc) is 2.51. The van der Waals surface area contributed by atoms with Gasteiger partial charge >= 0.3 is 12.1 Å². The maximum atomic E-state index is 12.3. The standard InChI is InChI=1S/C7H8BF3N4O3/c8-5-3(13-14-12)4(17)2(1-16)15(5)6(18)7(9,10)11/h2-5,16-17H,1H2/t2-,3+,4-,5-/m1/s1. The number of carbonyl (C=O) groups excluding carboxylic acids is 1. The van der Waals surface area contributed by atoms with Crippen molar-refractivity contribution >= 4 is 13.8 Å². The number of aliphatic hydroxyl groups excluding tert-OH is 2. The Kier molecular flexibility index (Phi) is 4.10. The second-order valence-electron chi connectivity index (χ2n) is 3.64. The predicted molar refractivity (Wildman–Crippen MR) is 52.3 cm³/mol. The number of likely N-dealkylation sites (tertiary alicyclic amines) is 1. The smallest absolute Gasteiger partial charge is 0.394 e. The van der Waals surface area contributed by atoms with Gasteiger partial charge in [-0.25, -0.2) is 0 Å². The summed E-state index contributed by atoms with van der Waals surface area (Å²) in [7, 11) is 5.33. The fraction of sp³-hybridized carbons (Fsp3) is 0.857. The van der Waals surface area contributed by atoms with Gasteiger partial charge in [-0.15, -0.1) is 0 Å². The molecule has 0 saturated carbocycles. The molecule has 1 aliphatic heterocycles. The first kappa shape index (κ1) is 14.6. The molecule has 1 heterocycles. The lowest BCUT2D eigenvalue weighted by molar-refractivity contribution is -0.188. The van der Waals surface area contributed by atoms with E-state index >= 15 is 0 Å². The third-order valence-corrected chi connectivity index (χ3v) is 2.62. The zero-order valence-corrected chi connectivity index (χ0v) is 8.82. The Hall–Kier alpha value is -1.45.